The van der Waals surface area contributed by atoms with Crippen molar-refractivity contribution in [1.82, 2.24) is 24.9 Å². The maximum Gasteiger partial charge on any atom is 0.409 e. The largest absolute Gasteiger partial charge is 0.450 e. The second-order valence-electron chi connectivity index (χ2n) is 6.49. The van der Waals surface area contributed by atoms with Gasteiger partial charge in [-0.3, -0.25) is 14.7 Å². The van der Waals surface area contributed by atoms with Crippen LogP contribution in [0.2, 0.25) is 0 Å². The lowest BCUT2D eigenvalue weighted by atomic mass is 10.3. The molecule has 0 bridgehead atoms. The molecule has 2 aliphatic heterocycles. The molecule has 0 spiro atoms. The number of carbonyl (C=O) groups excluding carboxylic acids is 2. The summed E-state index contributed by atoms with van der Waals surface area (Å²) in [7, 11) is 1.78. The molecule has 2 rings (SSSR count). The minimum atomic E-state index is -0.236. The summed E-state index contributed by atoms with van der Waals surface area (Å²) < 4.78 is 5.05. The van der Waals surface area contributed by atoms with E-state index in [1.54, 1.807) is 18.9 Å². The molecule has 0 aliphatic carbocycles. The quantitative estimate of drug-likeness (QED) is 0.532. The highest BCUT2D eigenvalue weighted by atomic mass is 16.6. The Morgan fingerprint density at radius 3 is 2.08 bits per heavy atom. The van der Waals surface area contributed by atoms with Gasteiger partial charge in [-0.1, -0.05) is 0 Å². The number of ether oxygens (including phenoxy) is 1. The Bertz CT molecular complexity index is 497. The second kappa shape index (κ2) is 10.2. The standard InChI is InChI=1S/C17H32N6O3/c1-4-26-17(25)23-13-11-22(12-14-23)16(18-3)19-5-6-20-7-9-21(10-8-20)15(2)24/h4-14H2,1-3H3,(H,18,19). The number of nitrogens with one attached hydrogen (secondary N) is 1. The Hall–Kier alpha value is -2.03. The van der Waals surface area contributed by atoms with Gasteiger partial charge in [-0.2, -0.15) is 0 Å². The molecule has 2 aliphatic rings. The van der Waals surface area contributed by atoms with E-state index in [4.69, 9.17) is 4.74 Å². The van der Waals surface area contributed by atoms with Crippen LogP contribution in [0.25, 0.3) is 0 Å². The summed E-state index contributed by atoms with van der Waals surface area (Å²) >= 11 is 0. The number of amides is 2. The number of piperazine rings is 2. The molecule has 2 fully saturated rings. The zero-order valence-electron chi connectivity index (χ0n) is 16.2. The van der Waals surface area contributed by atoms with Gasteiger partial charge in [0.15, 0.2) is 5.96 Å². The lowest BCUT2D eigenvalue weighted by Crippen LogP contribution is -2.55. The molecular weight excluding hydrogens is 336 g/mol. The Labute approximate surface area is 155 Å². The summed E-state index contributed by atoms with van der Waals surface area (Å²) in [6.45, 7) is 11.8. The predicted molar refractivity (Wildman–Crippen MR) is 100 cm³/mol. The molecular formula is C17H32N6O3. The van der Waals surface area contributed by atoms with Crippen molar-refractivity contribution in [2.45, 2.75) is 13.8 Å². The van der Waals surface area contributed by atoms with Crippen molar-refractivity contribution in [2.75, 3.05) is 79.1 Å². The minimum Gasteiger partial charge on any atom is -0.450 e. The molecule has 1 N–H and O–H groups in total. The molecule has 0 unspecified atom stereocenters. The topological polar surface area (TPSA) is 80.7 Å². The first-order chi connectivity index (χ1) is 12.5. The normalized spacial score (nSPS) is 19.5. The van der Waals surface area contributed by atoms with Crippen molar-refractivity contribution in [3.05, 3.63) is 0 Å². The fourth-order valence-corrected chi connectivity index (χ4v) is 3.26. The molecule has 2 saturated heterocycles. The average Bonchev–Trinajstić information content (AvgIpc) is 2.66. The molecule has 26 heavy (non-hydrogen) atoms. The second-order valence-corrected chi connectivity index (χ2v) is 6.49. The summed E-state index contributed by atoms with van der Waals surface area (Å²) in [5, 5.41) is 3.41. The van der Waals surface area contributed by atoms with E-state index < -0.39 is 0 Å². The predicted octanol–water partition coefficient (Wildman–Crippen LogP) is -0.500. The number of aliphatic imine (C=N–C) groups is 1. The van der Waals surface area contributed by atoms with E-state index in [1.165, 1.54) is 0 Å². The van der Waals surface area contributed by atoms with Crippen LogP contribution in [0, 0.1) is 0 Å². The summed E-state index contributed by atoms with van der Waals surface area (Å²) in [6.07, 6.45) is -0.236. The SMILES string of the molecule is CCOC(=O)N1CCN(C(=NC)NCCN2CCN(C(C)=O)CC2)CC1. The first kappa shape index (κ1) is 20.3. The highest BCUT2D eigenvalue weighted by molar-refractivity contribution is 5.80. The van der Waals surface area contributed by atoms with Gasteiger partial charge in [0.2, 0.25) is 5.91 Å². The molecule has 0 aromatic rings. The van der Waals surface area contributed by atoms with Crippen LogP contribution in [0.4, 0.5) is 4.79 Å². The molecule has 2 heterocycles. The number of rotatable bonds is 4. The van der Waals surface area contributed by atoms with E-state index >= 15 is 0 Å². The van der Waals surface area contributed by atoms with Crippen LogP contribution in [0.3, 0.4) is 0 Å². The lowest BCUT2D eigenvalue weighted by molar-refractivity contribution is -0.130. The third-order valence-electron chi connectivity index (χ3n) is 4.85. The third kappa shape index (κ3) is 5.76. The van der Waals surface area contributed by atoms with E-state index in [2.05, 4.69) is 20.1 Å². The number of carbonyl (C=O) groups is 2. The van der Waals surface area contributed by atoms with Gasteiger partial charge < -0.3 is 24.8 Å². The van der Waals surface area contributed by atoms with E-state index in [0.29, 0.717) is 19.7 Å². The van der Waals surface area contributed by atoms with Crippen LogP contribution in [0.15, 0.2) is 4.99 Å². The van der Waals surface area contributed by atoms with Crippen molar-refractivity contribution >= 4 is 18.0 Å². The van der Waals surface area contributed by atoms with Crippen molar-refractivity contribution < 1.29 is 14.3 Å². The highest BCUT2D eigenvalue weighted by Gasteiger charge is 2.24. The van der Waals surface area contributed by atoms with Gasteiger partial charge in [0.1, 0.15) is 0 Å². The van der Waals surface area contributed by atoms with E-state index in [-0.39, 0.29) is 12.0 Å². The molecule has 0 atom stereocenters. The van der Waals surface area contributed by atoms with E-state index in [9.17, 15) is 9.59 Å². The van der Waals surface area contributed by atoms with E-state index in [1.807, 2.05) is 11.8 Å². The van der Waals surface area contributed by atoms with Crippen LogP contribution >= 0.6 is 0 Å². The summed E-state index contributed by atoms with van der Waals surface area (Å²) in [6, 6.07) is 0. The monoisotopic (exact) mass is 368 g/mol. The maximum absolute atomic E-state index is 11.8. The Kier molecular flexibility index (Phi) is 7.96. The molecule has 2 amide bonds. The fraction of sp³-hybridized carbons (Fsp3) is 0.824. The highest BCUT2D eigenvalue weighted by Crippen LogP contribution is 2.05. The first-order valence-corrected chi connectivity index (χ1v) is 9.40. The summed E-state index contributed by atoms with van der Waals surface area (Å²) in [4.78, 5) is 35.7. The lowest BCUT2D eigenvalue weighted by Gasteiger charge is -2.36. The molecule has 0 radical (unpaired) electrons. The van der Waals surface area contributed by atoms with Gasteiger partial charge in [0, 0.05) is 79.4 Å². The van der Waals surface area contributed by atoms with Gasteiger partial charge in [0.25, 0.3) is 0 Å². The Balaban J connectivity index is 1.67. The zero-order chi connectivity index (χ0) is 18.9. The van der Waals surface area contributed by atoms with Crippen molar-refractivity contribution in [2.24, 2.45) is 4.99 Å². The summed E-state index contributed by atoms with van der Waals surface area (Å²) in [5.41, 5.74) is 0. The van der Waals surface area contributed by atoms with Crippen LogP contribution in [0.1, 0.15) is 13.8 Å². The van der Waals surface area contributed by atoms with Gasteiger partial charge in [0.05, 0.1) is 6.61 Å². The minimum absolute atomic E-state index is 0.158. The molecule has 0 aromatic heterocycles. The van der Waals surface area contributed by atoms with Crippen LogP contribution in [-0.2, 0) is 9.53 Å². The van der Waals surface area contributed by atoms with Gasteiger partial charge in [-0.05, 0) is 6.92 Å². The smallest absolute Gasteiger partial charge is 0.409 e. The third-order valence-corrected chi connectivity index (χ3v) is 4.85. The van der Waals surface area contributed by atoms with Crippen LogP contribution < -0.4 is 5.32 Å². The zero-order valence-corrected chi connectivity index (χ0v) is 16.2. The Morgan fingerprint density at radius 1 is 0.962 bits per heavy atom. The summed E-state index contributed by atoms with van der Waals surface area (Å²) in [5.74, 6) is 1.03. The molecule has 9 heteroatoms. The van der Waals surface area contributed by atoms with Crippen LogP contribution in [-0.4, -0.2) is 117 Å². The van der Waals surface area contributed by atoms with Gasteiger partial charge in [-0.25, -0.2) is 4.79 Å². The number of hydrogen-bond acceptors (Lipinski definition) is 5. The number of guanidine groups is 1. The fourth-order valence-electron chi connectivity index (χ4n) is 3.26. The molecule has 148 valence electrons. The van der Waals surface area contributed by atoms with E-state index in [0.717, 1.165) is 58.3 Å². The first-order valence-electron chi connectivity index (χ1n) is 9.40. The Morgan fingerprint density at radius 2 is 1.54 bits per heavy atom. The van der Waals surface area contributed by atoms with Crippen molar-refractivity contribution in [3.8, 4) is 0 Å². The number of nitrogens with zero attached hydrogens (tertiary/aromatic N) is 5. The van der Waals surface area contributed by atoms with Gasteiger partial charge >= 0.3 is 6.09 Å². The molecule has 9 nitrogen and oxygen atoms in total. The molecule has 0 aromatic carbocycles. The average molecular weight is 368 g/mol. The van der Waals surface area contributed by atoms with Crippen LogP contribution in [0.5, 0.6) is 0 Å². The number of hydrogen-bond donors (Lipinski definition) is 1. The van der Waals surface area contributed by atoms with Gasteiger partial charge in [-0.15, -0.1) is 0 Å². The van der Waals surface area contributed by atoms with Crippen molar-refractivity contribution in [1.29, 1.82) is 0 Å². The molecule has 0 saturated carbocycles. The van der Waals surface area contributed by atoms with Crippen molar-refractivity contribution in [3.63, 3.8) is 0 Å². The maximum atomic E-state index is 11.8.